The summed E-state index contributed by atoms with van der Waals surface area (Å²) in [5, 5.41) is 9.76. The lowest BCUT2D eigenvalue weighted by molar-refractivity contribution is -0.177. The molecule has 13 heavy (non-hydrogen) atoms. The molecule has 0 radical (unpaired) electrons. The van der Waals surface area contributed by atoms with Crippen LogP contribution < -0.4 is 0 Å². The minimum absolute atomic E-state index is 0.421. The zero-order chi connectivity index (χ0) is 9.31. The van der Waals surface area contributed by atoms with Crippen LogP contribution in [0.4, 0.5) is 0 Å². The SMILES string of the molecule is OC1(Cc2ccc(Br)cn2)COC1. The third-order valence-electron chi connectivity index (χ3n) is 2.04. The molecule has 1 N–H and O–H groups in total. The fraction of sp³-hybridized carbons (Fsp3) is 0.444. The van der Waals surface area contributed by atoms with Gasteiger partial charge in [-0.3, -0.25) is 4.98 Å². The number of hydrogen-bond donors (Lipinski definition) is 1. The van der Waals surface area contributed by atoms with E-state index in [-0.39, 0.29) is 0 Å². The average molecular weight is 244 g/mol. The van der Waals surface area contributed by atoms with Crippen molar-refractivity contribution in [1.82, 2.24) is 4.98 Å². The molecule has 0 saturated carbocycles. The van der Waals surface area contributed by atoms with Crippen LogP contribution in [0, 0.1) is 0 Å². The molecule has 2 rings (SSSR count). The van der Waals surface area contributed by atoms with Gasteiger partial charge < -0.3 is 9.84 Å². The molecule has 3 nitrogen and oxygen atoms in total. The molecule has 0 atom stereocenters. The van der Waals surface area contributed by atoms with Crippen molar-refractivity contribution in [3.05, 3.63) is 28.5 Å². The van der Waals surface area contributed by atoms with Crippen LogP contribution in [0.15, 0.2) is 22.8 Å². The Morgan fingerprint density at radius 3 is 2.77 bits per heavy atom. The number of aromatic nitrogens is 1. The van der Waals surface area contributed by atoms with E-state index < -0.39 is 5.60 Å². The summed E-state index contributed by atoms with van der Waals surface area (Å²) in [7, 11) is 0. The Morgan fingerprint density at radius 2 is 2.31 bits per heavy atom. The first-order chi connectivity index (χ1) is 6.18. The Morgan fingerprint density at radius 1 is 1.54 bits per heavy atom. The summed E-state index contributed by atoms with van der Waals surface area (Å²) in [6, 6.07) is 3.82. The number of ether oxygens (including phenoxy) is 1. The van der Waals surface area contributed by atoms with Gasteiger partial charge in [-0.05, 0) is 28.1 Å². The lowest BCUT2D eigenvalue weighted by Crippen LogP contribution is -2.51. The molecule has 1 fully saturated rings. The van der Waals surface area contributed by atoms with E-state index in [4.69, 9.17) is 4.74 Å². The smallest absolute Gasteiger partial charge is 0.117 e. The van der Waals surface area contributed by atoms with Gasteiger partial charge in [-0.15, -0.1) is 0 Å². The van der Waals surface area contributed by atoms with Crippen molar-refractivity contribution in [2.75, 3.05) is 13.2 Å². The molecule has 1 aromatic rings. The third-order valence-corrected chi connectivity index (χ3v) is 2.51. The van der Waals surface area contributed by atoms with Crippen LogP contribution in [0.1, 0.15) is 5.69 Å². The molecule has 0 aromatic carbocycles. The van der Waals surface area contributed by atoms with Gasteiger partial charge in [0.1, 0.15) is 5.60 Å². The highest BCUT2D eigenvalue weighted by Gasteiger charge is 2.36. The van der Waals surface area contributed by atoms with Gasteiger partial charge in [0.25, 0.3) is 0 Å². The minimum atomic E-state index is -0.680. The molecule has 0 bridgehead atoms. The van der Waals surface area contributed by atoms with Crippen LogP contribution in [0.25, 0.3) is 0 Å². The van der Waals surface area contributed by atoms with Crippen molar-refractivity contribution in [3.8, 4) is 0 Å². The molecule has 1 aromatic heterocycles. The van der Waals surface area contributed by atoms with Crippen LogP contribution in [-0.2, 0) is 11.2 Å². The first-order valence-electron chi connectivity index (χ1n) is 4.09. The maximum Gasteiger partial charge on any atom is 0.117 e. The number of halogens is 1. The Bertz CT molecular complexity index is 295. The highest BCUT2D eigenvalue weighted by molar-refractivity contribution is 9.10. The van der Waals surface area contributed by atoms with Gasteiger partial charge in [-0.25, -0.2) is 0 Å². The summed E-state index contributed by atoms with van der Waals surface area (Å²) in [4.78, 5) is 4.18. The van der Waals surface area contributed by atoms with Crippen LogP contribution in [0.5, 0.6) is 0 Å². The molecule has 4 heteroatoms. The van der Waals surface area contributed by atoms with Crippen LogP contribution in [0.3, 0.4) is 0 Å². The fourth-order valence-electron chi connectivity index (χ4n) is 1.29. The Hall–Kier alpha value is -0.450. The number of nitrogens with zero attached hydrogens (tertiary/aromatic N) is 1. The molecule has 1 aliphatic heterocycles. The molecular formula is C9H10BrNO2. The lowest BCUT2D eigenvalue weighted by atomic mass is 9.96. The lowest BCUT2D eigenvalue weighted by Gasteiger charge is -2.36. The van der Waals surface area contributed by atoms with Crippen LogP contribution in [0.2, 0.25) is 0 Å². The van der Waals surface area contributed by atoms with Crippen molar-refractivity contribution in [2.24, 2.45) is 0 Å². The molecule has 1 aliphatic rings. The molecule has 0 amide bonds. The second-order valence-electron chi connectivity index (χ2n) is 3.36. The minimum Gasteiger partial charge on any atom is -0.385 e. The van der Waals surface area contributed by atoms with E-state index >= 15 is 0 Å². The van der Waals surface area contributed by atoms with Crippen molar-refractivity contribution in [3.63, 3.8) is 0 Å². The standard InChI is InChI=1S/C9H10BrNO2/c10-7-1-2-8(11-4-7)3-9(12)5-13-6-9/h1-2,4,12H,3,5-6H2. The second-order valence-corrected chi connectivity index (χ2v) is 4.28. The molecule has 1 saturated heterocycles. The predicted molar refractivity (Wildman–Crippen MR) is 51.4 cm³/mol. The maximum atomic E-state index is 9.76. The van der Waals surface area contributed by atoms with E-state index in [1.807, 2.05) is 12.1 Å². The zero-order valence-electron chi connectivity index (χ0n) is 7.03. The normalized spacial score (nSPS) is 19.5. The van der Waals surface area contributed by atoms with Gasteiger partial charge in [-0.1, -0.05) is 0 Å². The molecule has 0 aliphatic carbocycles. The number of hydrogen-bond acceptors (Lipinski definition) is 3. The summed E-state index contributed by atoms with van der Waals surface area (Å²) in [5.41, 5.74) is 0.217. The predicted octanol–water partition coefficient (Wildman–Crippen LogP) is 1.15. The second kappa shape index (κ2) is 3.36. The van der Waals surface area contributed by atoms with E-state index in [1.54, 1.807) is 6.20 Å². The molecule has 0 spiro atoms. The van der Waals surface area contributed by atoms with E-state index in [0.717, 1.165) is 10.2 Å². The topological polar surface area (TPSA) is 42.4 Å². The summed E-state index contributed by atoms with van der Waals surface area (Å²) >= 11 is 3.31. The molecule has 0 unspecified atom stereocenters. The van der Waals surface area contributed by atoms with Crippen molar-refractivity contribution < 1.29 is 9.84 Å². The highest BCUT2D eigenvalue weighted by Crippen LogP contribution is 2.21. The van der Waals surface area contributed by atoms with Gasteiger partial charge in [0.2, 0.25) is 0 Å². The van der Waals surface area contributed by atoms with E-state index in [1.165, 1.54) is 0 Å². The molecule has 70 valence electrons. The van der Waals surface area contributed by atoms with Crippen molar-refractivity contribution in [1.29, 1.82) is 0 Å². The van der Waals surface area contributed by atoms with E-state index in [2.05, 4.69) is 20.9 Å². The zero-order valence-corrected chi connectivity index (χ0v) is 8.62. The first kappa shape index (κ1) is 9.12. The Labute approximate surface area is 84.9 Å². The maximum absolute atomic E-state index is 9.76. The summed E-state index contributed by atoms with van der Waals surface area (Å²) in [6.07, 6.45) is 2.30. The molecular weight excluding hydrogens is 234 g/mol. The van der Waals surface area contributed by atoms with Crippen molar-refractivity contribution >= 4 is 15.9 Å². The van der Waals surface area contributed by atoms with E-state index in [0.29, 0.717) is 19.6 Å². The van der Waals surface area contributed by atoms with Gasteiger partial charge in [0.15, 0.2) is 0 Å². The van der Waals surface area contributed by atoms with E-state index in [9.17, 15) is 5.11 Å². The van der Waals surface area contributed by atoms with Crippen LogP contribution in [-0.4, -0.2) is 28.9 Å². The Balaban J connectivity index is 2.05. The van der Waals surface area contributed by atoms with Gasteiger partial charge in [0, 0.05) is 22.8 Å². The number of aliphatic hydroxyl groups is 1. The summed E-state index contributed by atoms with van der Waals surface area (Å²) in [5.74, 6) is 0. The number of rotatable bonds is 2. The summed E-state index contributed by atoms with van der Waals surface area (Å²) < 4.78 is 5.90. The average Bonchev–Trinajstić information content (AvgIpc) is 2.06. The monoisotopic (exact) mass is 243 g/mol. The largest absolute Gasteiger partial charge is 0.385 e. The van der Waals surface area contributed by atoms with Gasteiger partial charge >= 0.3 is 0 Å². The third kappa shape index (κ3) is 2.07. The molecule has 2 heterocycles. The number of pyridine rings is 1. The van der Waals surface area contributed by atoms with Crippen molar-refractivity contribution in [2.45, 2.75) is 12.0 Å². The first-order valence-corrected chi connectivity index (χ1v) is 4.88. The quantitative estimate of drug-likeness (QED) is 0.848. The summed E-state index contributed by atoms with van der Waals surface area (Å²) in [6.45, 7) is 0.843. The van der Waals surface area contributed by atoms with Gasteiger partial charge in [-0.2, -0.15) is 0 Å². The van der Waals surface area contributed by atoms with Gasteiger partial charge in [0.05, 0.1) is 13.2 Å². The van der Waals surface area contributed by atoms with Crippen LogP contribution >= 0.6 is 15.9 Å². The highest BCUT2D eigenvalue weighted by atomic mass is 79.9. The fourth-order valence-corrected chi connectivity index (χ4v) is 1.52. The Kier molecular flexibility index (Phi) is 2.36.